The zero-order valence-electron chi connectivity index (χ0n) is 9.44. The molecule has 0 aliphatic rings. The monoisotopic (exact) mass is 209 g/mol. The fourth-order valence-corrected chi connectivity index (χ4v) is 1.34. The molecule has 1 aromatic rings. The van der Waals surface area contributed by atoms with Crippen LogP contribution < -0.4 is 5.32 Å². The van der Waals surface area contributed by atoms with Crippen LogP contribution in [0.4, 0.5) is 5.95 Å². The number of hydrogen-bond donors (Lipinski definition) is 1. The minimum absolute atomic E-state index is 0.198. The average Bonchev–Trinajstić information content (AvgIpc) is 2.64. The molecule has 1 heterocycles. The molecular weight excluding hydrogens is 190 g/mol. The molecule has 15 heavy (non-hydrogen) atoms. The Morgan fingerprint density at radius 3 is 3.20 bits per heavy atom. The second kappa shape index (κ2) is 6.24. The second-order valence-electron chi connectivity index (χ2n) is 3.34. The molecule has 0 bridgehead atoms. The Balaban J connectivity index is 2.42. The number of ether oxygens (including phenoxy) is 1. The molecule has 4 nitrogen and oxygen atoms in total. The van der Waals surface area contributed by atoms with Crippen molar-refractivity contribution in [2.45, 2.75) is 26.5 Å². The van der Waals surface area contributed by atoms with Crippen molar-refractivity contribution in [1.29, 1.82) is 0 Å². The van der Waals surface area contributed by atoms with Crippen LogP contribution in [0, 0.1) is 0 Å². The van der Waals surface area contributed by atoms with Crippen LogP contribution in [0.15, 0.2) is 25.0 Å². The van der Waals surface area contributed by atoms with Gasteiger partial charge in [0.1, 0.15) is 0 Å². The lowest BCUT2D eigenvalue weighted by Gasteiger charge is -2.13. The van der Waals surface area contributed by atoms with E-state index in [0.29, 0.717) is 0 Å². The highest BCUT2D eigenvalue weighted by Gasteiger charge is 2.03. The number of imidazole rings is 1. The standard InChI is InChI=1S/C11H19N3O/c1-4-7-14-8-6-12-11(14)13-9-10(3)15-5-2/h4,6,8,10H,1,5,7,9H2,2-3H3,(H,12,13). The van der Waals surface area contributed by atoms with E-state index < -0.39 is 0 Å². The van der Waals surface area contributed by atoms with Gasteiger partial charge >= 0.3 is 0 Å². The quantitative estimate of drug-likeness (QED) is 0.697. The van der Waals surface area contributed by atoms with Crippen molar-refractivity contribution in [3.05, 3.63) is 25.0 Å². The SMILES string of the molecule is C=CCn1ccnc1NCC(C)OCC. The number of allylic oxidation sites excluding steroid dienone is 1. The lowest BCUT2D eigenvalue weighted by Crippen LogP contribution is -2.21. The van der Waals surface area contributed by atoms with E-state index in [1.165, 1.54) is 0 Å². The van der Waals surface area contributed by atoms with Gasteiger partial charge in [0.05, 0.1) is 6.10 Å². The summed E-state index contributed by atoms with van der Waals surface area (Å²) in [7, 11) is 0. The predicted molar refractivity (Wildman–Crippen MR) is 62.0 cm³/mol. The van der Waals surface area contributed by atoms with Crippen LogP contribution in [0.1, 0.15) is 13.8 Å². The number of nitrogens with zero attached hydrogens (tertiary/aromatic N) is 2. The Bertz CT molecular complexity index is 296. The van der Waals surface area contributed by atoms with E-state index in [9.17, 15) is 0 Å². The van der Waals surface area contributed by atoms with E-state index in [2.05, 4.69) is 16.9 Å². The van der Waals surface area contributed by atoms with E-state index in [1.54, 1.807) is 6.20 Å². The van der Waals surface area contributed by atoms with Crippen LogP contribution >= 0.6 is 0 Å². The van der Waals surface area contributed by atoms with Crippen molar-refractivity contribution in [2.24, 2.45) is 0 Å². The minimum Gasteiger partial charge on any atom is -0.377 e. The van der Waals surface area contributed by atoms with Crippen LogP contribution in [0.2, 0.25) is 0 Å². The summed E-state index contributed by atoms with van der Waals surface area (Å²) >= 11 is 0. The van der Waals surface area contributed by atoms with Crippen LogP contribution in [-0.2, 0) is 11.3 Å². The molecule has 0 fully saturated rings. The molecule has 1 N–H and O–H groups in total. The summed E-state index contributed by atoms with van der Waals surface area (Å²) in [5.74, 6) is 0.862. The van der Waals surface area contributed by atoms with Crippen LogP contribution in [0.5, 0.6) is 0 Å². The second-order valence-corrected chi connectivity index (χ2v) is 3.34. The molecule has 0 saturated heterocycles. The summed E-state index contributed by atoms with van der Waals surface area (Å²) in [4.78, 5) is 4.22. The van der Waals surface area contributed by atoms with Crippen molar-refractivity contribution < 1.29 is 4.74 Å². The zero-order chi connectivity index (χ0) is 11.1. The smallest absolute Gasteiger partial charge is 0.203 e. The van der Waals surface area contributed by atoms with Gasteiger partial charge in [0, 0.05) is 32.1 Å². The van der Waals surface area contributed by atoms with Crippen molar-refractivity contribution in [2.75, 3.05) is 18.5 Å². The van der Waals surface area contributed by atoms with Gasteiger partial charge in [-0.3, -0.25) is 0 Å². The lowest BCUT2D eigenvalue weighted by molar-refractivity contribution is 0.0854. The molecule has 0 saturated carbocycles. The van der Waals surface area contributed by atoms with Gasteiger partial charge in [-0.2, -0.15) is 0 Å². The van der Waals surface area contributed by atoms with Crippen molar-refractivity contribution in [1.82, 2.24) is 9.55 Å². The molecule has 1 rings (SSSR count). The molecule has 0 spiro atoms. The summed E-state index contributed by atoms with van der Waals surface area (Å²) in [6.45, 7) is 10.0. The maximum atomic E-state index is 5.42. The normalized spacial score (nSPS) is 12.4. The Hall–Kier alpha value is -1.29. The maximum absolute atomic E-state index is 5.42. The third-order valence-electron chi connectivity index (χ3n) is 2.04. The van der Waals surface area contributed by atoms with Crippen molar-refractivity contribution >= 4 is 5.95 Å². The zero-order valence-corrected chi connectivity index (χ0v) is 9.44. The predicted octanol–water partition coefficient (Wildman–Crippen LogP) is 1.91. The number of hydrogen-bond acceptors (Lipinski definition) is 3. The molecule has 0 aromatic carbocycles. The highest BCUT2D eigenvalue weighted by Crippen LogP contribution is 2.04. The molecule has 0 aliphatic heterocycles. The molecule has 1 unspecified atom stereocenters. The molecule has 1 aromatic heterocycles. The van der Waals surface area contributed by atoms with E-state index in [1.807, 2.05) is 30.7 Å². The number of nitrogens with one attached hydrogen (secondary N) is 1. The van der Waals surface area contributed by atoms with Crippen LogP contribution in [0.3, 0.4) is 0 Å². The van der Waals surface area contributed by atoms with E-state index in [-0.39, 0.29) is 6.10 Å². The van der Waals surface area contributed by atoms with Crippen LogP contribution in [0.25, 0.3) is 0 Å². The highest BCUT2D eigenvalue weighted by atomic mass is 16.5. The van der Waals surface area contributed by atoms with Gasteiger partial charge in [-0.25, -0.2) is 4.98 Å². The van der Waals surface area contributed by atoms with Gasteiger partial charge in [-0.15, -0.1) is 6.58 Å². The topological polar surface area (TPSA) is 39.1 Å². The average molecular weight is 209 g/mol. The Morgan fingerprint density at radius 1 is 1.73 bits per heavy atom. The van der Waals surface area contributed by atoms with Gasteiger partial charge in [0.2, 0.25) is 5.95 Å². The van der Waals surface area contributed by atoms with Crippen molar-refractivity contribution in [3.63, 3.8) is 0 Å². The molecule has 84 valence electrons. The fourth-order valence-electron chi connectivity index (χ4n) is 1.34. The number of aromatic nitrogens is 2. The first kappa shape index (κ1) is 11.8. The molecular formula is C11H19N3O. The minimum atomic E-state index is 0.198. The molecule has 0 aliphatic carbocycles. The summed E-state index contributed by atoms with van der Waals surface area (Å²) < 4.78 is 7.43. The fraction of sp³-hybridized carbons (Fsp3) is 0.545. The third kappa shape index (κ3) is 3.75. The molecule has 0 radical (unpaired) electrons. The Labute approximate surface area is 91.0 Å². The van der Waals surface area contributed by atoms with Crippen molar-refractivity contribution in [3.8, 4) is 0 Å². The summed E-state index contributed by atoms with van der Waals surface area (Å²) in [5.41, 5.74) is 0. The first-order chi connectivity index (χ1) is 7.27. The largest absolute Gasteiger partial charge is 0.377 e. The van der Waals surface area contributed by atoms with Gasteiger partial charge in [0.15, 0.2) is 0 Å². The molecule has 0 amide bonds. The summed E-state index contributed by atoms with van der Waals surface area (Å²) in [6, 6.07) is 0. The van der Waals surface area contributed by atoms with Crippen LogP contribution in [-0.4, -0.2) is 28.8 Å². The first-order valence-corrected chi connectivity index (χ1v) is 5.25. The maximum Gasteiger partial charge on any atom is 0.203 e. The third-order valence-corrected chi connectivity index (χ3v) is 2.04. The first-order valence-electron chi connectivity index (χ1n) is 5.25. The summed E-state index contributed by atoms with van der Waals surface area (Å²) in [6.07, 6.45) is 5.75. The number of rotatable bonds is 7. The number of anilines is 1. The Morgan fingerprint density at radius 2 is 2.53 bits per heavy atom. The highest BCUT2D eigenvalue weighted by molar-refractivity contribution is 5.26. The van der Waals surface area contributed by atoms with E-state index >= 15 is 0 Å². The van der Waals surface area contributed by atoms with Gasteiger partial charge in [-0.05, 0) is 13.8 Å². The van der Waals surface area contributed by atoms with Gasteiger partial charge in [0.25, 0.3) is 0 Å². The molecule has 1 atom stereocenters. The van der Waals surface area contributed by atoms with E-state index in [4.69, 9.17) is 4.74 Å². The lowest BCUT2D eigenvalue weighted by atomic mass is 10.4. The summed E-state index contributed by atoms with van der Waals surface area (Å²) in [5, 5.41) is 3.24. The van der Waals surface area contributed by atoms with E-state index in [0.717, 1.165) is 25.6 Å². The van der Waals surface area contributed by atoms with Gasteiger partial charge in [-0.1, -0.05) is 6.08 Å². The van der Waals surface area contributed by atoms with Gasteiger partial charge < -0.3 is 14.6 Å². The molecule has 4 heteroatoms. The Kier molecular flexibility index (Phi) is 4.90.